The molecule has 0 saturated carbocycles. The highest BCUT2D eigenvalue weighted by molar-refractivity contribution is 5.42. The van der Waals surface area contributed by atoms with E-state index in [1.165, 1.54) is 0 Å². The molecule has 2 rings (SSSR count). The normalized spacial score (nSPS) is 9.31. The Morgan fingerprint density at radius 3 is 2.56 bits per heavy atom. The Kier molecular flexibility index (Phi) is 3.30. The monoisotopic (exact) mass is 211 g/mol. The number of aromatic amines is 1. The number of nitrogens with one attached hydrogen (secondary N) is 1. The molecule has 0 radical (unpaired) electrons. The minimum Gasteiger partial charge on any atom is -0.494 e. The fourth-order valence-corrected chi connectivity index (χ4v) is 1.35. The van der Waals surface area contributed by atoms with Gasteiger partial charge in [-0.15, -0.1) is 0 Å². The molecule has 2 heteroatoms. The molecule has 1 heterocycles. The van der Waals surface area contributed by atoms with Crippen LogP contribution in [0.1, 0.15) is 18.2 Å². The molecule has 2 nitrogen and oxygen atoms in total. The van der Waals surface area contributed by atoms with E-state index in [-0.39, 0.29) is 0 Å². The molecule has 0 aliphatic carbocycles. The summed E-state index contributed by atoms with van der Waals surface area (Å²) in [4.78, 5) is 3.04. The van der Waals surface area contributed by atoms with E-state index < -0.39 is 0 Å². The van der Waals surface area contributed by atoms with Gasteiger partial charge in [-0.1, -0.05) is 5.92 Å². The molecule has 1 aromatic carbocycles. The molecule has 16 heavy (non-hydrogen) atoms. The van der Waals surface area contributed by atoms with Crippen LogP contribution >= 0.6 is 0 Å². The molecule has 0 atom stereocenters. The van der Waals surface area contributed by atoms with Crippen LogP contribution in [0.25, 0.3) is 0 Å². The van der Waals surface area contributed by atoms with Crippen LogP contribution in [0.3, 0.4) is 0 Å². The zero-order valence-corrected chi connectivity index (χ0v) is 9.16. The van der Waals surface area contributed by atoms with Gasteiger partial charge in [-0.2, -0.15) is 0 Å². The summed E-state index contributed by atoms with van der Waals surface area (Å²) < 4.78 is 5.36. The van der Waals surface area contributed by atoms with Gasteiger partial charge in [0.25, 0.3) is 0 Å². The van der Waals surface area contributed by atoms with Gasteiger partial charge in [-0.05, 0) is 49.2 Å². The number of hydrogen-bond donors (Lipinski definition) is 1. The number of H-pyrrole nitrogens is 1. The van der Waals surface area contributed by atoms with Gasteiger partial charge in [0, 0.05) is 11.8 Å². The Hall–Kier alpha value is -2.14. The molecule has 0 fully saturated rings. The van der Waals surface area contributed by atoms with Crippen LogP contribution in [-0.4, -0.2) is 11.6 Å². The lowest BCUT2D eigenvalue weighted by Gasteiger charge is -2.01. The third kappa shape index (κ3) is 2.68. The van der Waals surface area contributed by atoms with Crippen molar-refractivity contribution in [3.63, 3.8) is 0 Å². The first-order chi connectivity index (χ1) is 7.88. The molecule has 0 spiro atoms. The van der Waals surface area contributed by atoms with E-state index >= 15 is 0 Å². The number of rotatable bonds is 2. The van der Waals surface area contributed by atoms with E-state index in [4.69, 9.17) is 4.74 Å². The molecule has 1 N–H and O–H groups in total. The van der Waals surface area contributed by atoms with Crippen molar-refractivity contribution in [2.24, 2.45) is 0 Å². The number of benzene rings is 1. The van der Waals surface area contributed by atoms with Gasteiger partial charge in [0.1, 0.15) is 5.75 Å². The third-order valence-electron chi connectivity index (χ3n) is 2.10. The molecule has 1 aromatic heterocycles. The summed E-state index contributed by atoms with van der Waals surface area (Å²) in [5.41, 5.74) is 1.91. The fraction of sp³-hybridized carbons (Fsp3) is 0.143. The van der Waals surface area contributed by atoms with E-state index in [1.54, 1.807) is 0 Å². The highest BCUT2D eigenvalue weighted by Crippen LogP contribution is 2.11. The van der Waals surface area contributed by atoms with E-state index in [9.17, 15) is 0 Å². The van der Waals surface area contributed by atoms with Crippen molar-refractivity contribution in [3.05, 3.63) is 53.9 Å². The van der Waals surface area contributed by atoms with Gasteiger partial charge in [0.05, 0.1) is 12.3 Å². The first kappa shape index (κ1) is 10.4. The zero-order chi connectivity index (χ0) is 11.2. The second-order valence-corrected chi connectivity index (χ2v) is 3.29. The molecule has 0 aliphatic rings. The predicted octanol–water partition coefficient (Wildman–Crippen LogP) is 2.81. The van der Waals surface area contributed by atoms with Crippen molar-refractivity contribution in [2.75, 3.05) is 6.61 Å². The van der Waals surface area contributed by atoms with Crippen LogP contribution in [0.15, 0.2) is 42.6 Å². The van der Waals surface area contributed by atoms with E-state index in [0.29, 0.717) is 6.61 Å². The predicted molar refractivity (Wildman–Crippen MR) is 64.4 cm³/mol. The maximum absolute atomic E-state index is 5.36. The van der Waals surface area contributed by atoms with Gasteiger partial charge >= 0.3 is 0 Å². The average molecular weight is 211 g/mol. The quantitative estimate of drug-likeness (QED) is 0.759. The van der Waals surface area contributed by atoms with E-state index in [2.05, 4.69) is 16.8 Å². The zero-order valence-electron chi connectivity index (χ0n) is 9.16. The van der Waals surface area contributed by atoms with Crippen LogP contribution in [0.5, 0.6) is 5.75 Å². The fourth-order valence-electron chi connectivity index (χ4n) is 1.35. The summed E-state index contributed by atoms with van der Waals surface area (Å²) in [6, 6.07) is 11.7. The lowest BCUT2D eigenvalue weighted by Crippen LogP contribution is -1.90. The van der Waals surface area contributed by atoms with Crippen LogP contribution < -0.4 is 4.74 Å². The van der Waals surface area contributed by atoms with E-state index in [1.807, 2.05) is 49.5 Å². The summed E-state index contributed by atoms with van der Waals surface area (Å²) in [5, 5.41) is 0. The van der Waals surface area contributed by atoms with Gasteiger partial charge in [-0.3, -0.25) is 0 Å². The maximum atomic E-state index is 5.36. The molecular formula is C14H13NO. The van der Waals surface area contributed by atoms with Crippen molar-refractivity contribution >= 4 is 0 Å². The summed E-state index contributed by atoms with van der Waals surface area (Å²) >= 11 is 0. The summed E-state index contributed by atoms with van der Waals surface area (Å²) in [5.74, 6) is 7.01. The van der Waals surface area contributed by atoms with Gasteiger partial charge < -0.3 is 9.72 Å². The smallest absolute Gasteiger partial charge is 0.119 e. The molecule has 0 bridgehead atoms. The Morgan fingerprint density at radius 1 is 1.12 bits per heavy atom. The van der Waals surface area contributed by atoms with Crippen molar-refractivity contribution in [1.29, 1.82) is 0 Å². The van der Waals surface area contributed by atoms with Crippen molar-refractivity contribution in [3.8, 4) is 17.6 Å². The van der Waals surface area contributed by atoms with Crippen molar-refractivity contribution < 1.29 is 4.74 Å². The first-order valence-electron chi connectivity index (χ1n) is 5.27. The summed E-state index contributed by atoms with van der Waals surface area (Å²) in [6.45, 7) is 2.66. The lowest BCUT2D eigenvalue weighted by atomic mass is 10.2. The number of hydrogen-bond acceptors (Lipinski definition) is 1. The first-order valence-corrected chi connectivity index (χ1v) is 5.27. The standard InChI is InChI=1S/C14H13NO/c1-2-16-14-9-6-12(7-10-14)5-8-13-4-3-11-15-13/h3-4,6-7,9-11,15H,2H2,1H3. The minimum atomic E-state index is 0.688. The largest absolute Gasteiger partial charge is 0.494 e. The third-order valence-corrected chi connectivity index (χ3v) is 2.10. The molecule has 0 saturated heterocycles. The van der Waals surface area contributed by atoms with E-state index in [0.717, 1.165) is 17.0 Å². The molecular weight excluding hydrogens is 198 g/mol. The topological polar surface area (TPSA) is 25.0 Å². The van der Waals surface area contributed by atoms with Crippen LogP contribution in [0.4, 0.5) is 0 Å². The number of ether oxygens (including phenoxy) is 1. The second-order valence-electron chi connectivity index (χ2n) is 3.29. The van der Waals surface area contributed by atoms with Gasteiger partial charge in [0.15, 0.2) is 0 Å². The second kappa shape index (κ2) is 5.09. The Balaban J connectivity index is 2.10. The average Bonchev–Trinajstić information content (AvgIpc) is 2.82. The SMILES string of the molecule is CCOc1ccc(C#Cc2ccc[nH]2)cc1. The summed E-state index contributed by atoms with van der Waals surface area (Å²) in [7, 11) is 0. The molecule has 0 unspecified atom stereocenters. The van der Waals surface area contributed by atoms with Crippen LogP contribution in [0.2, 0.25) is 0 Å². The molecule has 0 aliphatic heterocycles. The number of aromatic nitrogens is 1. The highest BCUT2D eigenvalue weighted by Gasteiger charge is 1.91. The van der Waals surface area contributed by atoms with Crippen molar-refractivity contribution in [1.82, 2.24) is 4.98 Å². The highest BCUT2D eigenvalue weighted by atomic mass is 16.5. The van der Waals surface area contributed by atoms with Gasteiger partial charge in [-0.25, -0.2) is 0 Å². The summed E-state index contributed by atoms with van der Waals surface area (Å²) in [6.07, 6.45) is 1.86. The Bertz CT molecular complexity index is 486. The van der Waals surface area contributed by atoms with Gasteiger partial charge in [0.2, 0.25) is 0 Å². The van der Waals surface area contributed by atoms with Crippen LogP contribution in [0, 0.1) is 11.8 Å². The molecule has 2 aromatic rings. The maximum Gasteiger partial charge on any atom is 0.119 e. The van der Waals surface area contributed by atoms with Crippen molar-refractivity contribution in [2.45, 2.75) is 6.92 Å². The lowest BCUT2D eigenvalue weighted by molar-refractivity contribution is 0.340. The molecule has 80 valence electrons. The van der Waals surface area contributed by atoms with Crippen LogP contribution in [-0.2, 0) is 0 Å². The Morgan fingerprint density at radius 2 is 1.94 bits per heavy atom. The molecule has 0 amide bonds. The minimum absolute atomic E-state index is 0.688. The Labute approximate surface area is 95.3 Å².